The molecule has 176 valence electrons. The molecule has 1 amide bonds. The molecule has 0 aliphatic carbocycles. The summed E-state index contributed by atoms with van der Waals surface area (Å²) in [7, 11) is -3.30. The van der Waals surface area contributed by atoms with E-state index in [9.17, 15) is 18.5 Å². The summed E-state index contributed by atoms with van der Waals surface area (Å²) < 4.78 is 23.3. The van der Waals surface area contributed by atoms with Crippen molar-refractivity contribution >= 4 is 33.3 Å². The van der Waals surface area contributed by atoms with Gasteiger partial charge in [-0.3, -0.25) is 0 Å². The fraction of sp³-hybridized carbons (Fsp3) is 0.455. The zero-order valence-corrected chi connectivity index (χ0v) is 19.7. The van der Waals surface area contributed by atoms with Crippen LogP contribution >= 0.6 is 0 Å². The number of amides is 1. The molecule has 33 heavy (non-hydrogen) atoms. The lowest BCUT2D eigenvalue weighted by molar-refractivity contribution is 0.174. The standard InChI is InChI=1S/C22H28N6O4S/c1-22(2,27-21(29)30)11-15-5-4-10-28(14-15)19-13-24-18(12-23)20(26-19)25-16-6-8-17(9-7-16)33(3,31)32/h6-9,13,15,27H,4-5,10-11,14H2,1-3H3,(H,25,26)(H,29,30)/t15-/m1/s1. The molecule has 2 heterocycles. The zero-order valence-electron chi connectivity index (χ0n) is 18.9. The van der Waals surface area contributed by atoms with Gasteiger partial charge in [0.15, 0.2) is 21.3 Å². The van der Waals surface area contributed by atoms with Crippen molar-refractivity contribution in [2.45, 2.75) is 43.5 Å². The predicted molar refractivity (Wildman–Crippen MR) is 124 cm³/mol. The maximum atomic E-state index is 11.7. The van der Waals surface area contributed by atoms with Gasteiger partial charge in [-0.1, -0.05) is 0 Å². The van der Waals surface area contributed by atoms with E-state index in [4.69, 9.17) is 5.11 Å². The van der Waals surface area contributed by atoms with Gasteiger partial charge in [-0.2, -0.15) is 5.26 Å². The summed E-state index contributed by atoms with van der Waals surface area (Å²) >= 11 is 0. The third kappa shape index (κ3) is 6.55. The number of hydrogen-bond acceptors (Lipinski definition) is 8. The van der Waals surface area contributed by atoms with Crippen molar-refractivity contribution in [3.8, 4) is 6.07 Å². The second-order valence-electron chi connectivity index (χ2n) is 8.93. The highest BCUT2D eigenvalue weighted by Gasteiger charge is 2.29. The smallest absolute Gasteiger partial charge is 0.405 e. The first kappa shape index (κ1) is 24.3. The van der Waals surface area contributed by atoms with E-state index in [1.165, 1.54) is 12.1 Å². The van der Waals surface area contributed by atoms with Gasteiger partial charge in [-0.15, -0.1) is 0 Å². The molecule has 11 heteroatoms. The minimum absolute atomic E-state index is 0.131. The number of carbonyl (C=O) groups is 1. The van der Waals surface area contributed by atoms with Crippen LogP contribution in [0.5, 0.6) is 0 Å². The number of anilines is 3. The van der Waals surface area contributed by atoms with Crippen LogP contribution in [-0.2, 0) is 9.84 Å². The first-order valence-electron chi connectivity index (χ1n) is 10.6. The van der Waals surface area contributed by atoms with E-state index < -0.39 is 21.5 Å². The molecule has 1 aromatic carbocycles. The molecule has 2 aromatic rings. The van der Waals surface area contributed by atoms with Gasteiger partial charge in [-0.05, 0) is 63.3 Å². The Labute approximate surface area is 193 Å². The monoisotopic (exact) mass is 472 g/mol. The number of hydrogen-bond donors (Lipinski definition) is 3. The Morgan fingerprint density at radius 2 is 2.03 bits per heavy atom. The van der Waals surface area contributed by atoms with E-state index in [1.54, 1.807) is 18.3 Å². The van der Waals surface area contributed by atoms with Gasteiger partial charge in [0, 0.05) is 30.6 Å². The number of benzene rings is 1. The number of rotatable bonds is 7. The lowest BCUT2D eigenvalue weighted by atomic mass is 9.85. The fourth-order valence-electron chi connectivity index (χ4n) is 4.13. The highest BCUT2D eigenvalue weighted by molar-refractivity contribution is 7.90. The molecule has 1 aromatic heterocycles. The summed E-state index contributed by atoms with van der Waals surface area (Å²) in [5, 5.41) is 24.1. The third-order valence-electron chi connectivity index (χ3n) is 5.50. The molecule has 1 fully saturated rings. The molecule has 1 aliphatic rings. The number of sulfone groups is 1. The van der Waals surface area contributed by atoms with Crippen molar-refractivity contribution in [3.63, 3.8) is 0 Å². The molecular formula is C22H28N6O4S. The molecule has 1 saturated heterocycles. The molecule has 0 spiro atoms. The molecule has 0 saturated carbocycles. The first-order valence-corrected chi connectivity index (χ1v) is 12.5. The Hall–Kier alpha value is -3.39. The van der Waals surface area contributed by atoms with Crippen molar-refractivity contribution in [1.29, 1.82) is 5.26 Å². The van der Waals surface area contributed by atoms with Crippen LogP contribution in [0.15, 0.2) is 35.4 Å². The highest BCUT2D eigenvalue weighted by Crippen LogP contribution is 2.29. The average molecular weight is 473 g/mol. The van der Waals surface area contributed by atoms with Crippen molar-refractivity contribution in [2.24, 2.45) is 5.92 Å². The van der Waals surface area contributed by atoms with Gasteiger partial charge in [-0.25, -0.2) is 23.2 Å². The van der Waals surface area contributed by atoms with Crippen LogP contribution in [0.4, 0.5) is 22.1 Å². The Morgan fingerprint density at radius 3 is 2.64 bits per heavy atom. The van der Waals surface area contributed by atoms with E-state index in [0.29, 0.717) is 24.5 Å². The molecule has 0 radical (unpaired) electrons. The van der Waals surface area contributed by atoms with E-state index in [2.05, 4.69) is 25.5 Å². The lowest BCUT2D eigenvalue weighted by Gasteiger charge is -2.37. The van der Waals surface area contributed by atoms with Crippen LogP contribution in [0.2, 0.25) is 0 Å². The van der Waals surface area contributed by atoms with Crippen molar-refractivity contribution < 1.29 is 18.3 Å². The summed E-state index contributed by atoms with van der Waals surface area (Å²) in [5.74, 6) is 1.19. The van der Waals surface area contributed by atoms with E-state index in [0.717, 1.165) is 25.6 Å². The normalized spacial score (nSPS) is 16.7. The number of nitrogens with zero attached hydrogens (tertiary/aromatic N) is 4. The molecule has 1 atom stereocenters. The quantitative estimate of drug-likeness (QED) is 0.552. The van der Waals surface area contributed by atoms with Crippen LogP contribution < -0.4 is 15.5 Å². The van der Waals surface area contributed by atoms with Crippen LogP contribution in [0.3, 0.4) is 0 Å². The Morgan fingerprint density at radius 1 is 1.33 bits per heavy atom. The lowest BCUT2D eigenvalue weighted by Crippen LogP contribution is -2.46. The van der Waals surface area contributed by atoms with E-state index in [-0.39, 0.29) is 22.3 Å². The van der Waals surface area contributed by atoms with Crippen molar-refractivity contribution in [1.82, 2.24) is 15.3 Å². The van der Waals surface area contributed by atoms with Gasteiger partial charge >= 0.3 is 6.09 Å². The SMILES string of the molecule is CC(C)(C[C@H]1CCCN(c2cnc(C#N)c(Nc3ccc(S(C)(=O)=O)cc3)n2)C1)NC(=O)O. The van der Waals surface area contributed by atoms with Crippen molar-refractivity contribution in [3.05, 3.63) is 36.2 Å². The fourth-order valence-corrected chi connectivity index (χ4v) is 4.76. The molecule has 3 N–H and O–H groups in total. The second kappa shape index (κ2) is 9.62. The minimum atomic E-state index is -3.30. The summed E-state index contributed by atoms with van der Waals surface area (Å²) in [5.41, 5.74) is 0.176. The number of carboxylic acid groups (broad SMARTS) is 1. The zero-order chi connectivity index (χ0) is 24.2. The highest BCUT2D eigenvalue weighted by atomic mass is 32.2. The largest absolute Gasteiger partial charge is 0.465 e. The summed E-state index contributed by atoms with van der Waals surface area (Å²) in [6.07, 6.45) is 4.29. The summed E-state index contributed by atoms with van der Waals surface area (Å²) in [4.78, 5) is 22.2. The molecule has 0 bridgehead atoms. The Kier molecular flexibility index (Phi) is 7.07. The predicted octanol–water partition coefficient (Wildman–Crippen LogP) is 3.15. The van der Waals surface area contributed by atoms with Gasteiger partial charge in [0.1, 0.15) is 11.9 Å². The average Bonchev–Trinajstić information content (AvgIpc) is 2.72. The molecular weight excluding hydrogens is 444 g/mol. The number of piperidine rings is 1. The first-order chi connectivity index (χ1) is 15.5. The number of nitriles is 1. The van der Waals surface area contributed by atoms with Crippen LogP contribution in [0.25, 0.3) is 0 Å². The van der Waals surface area contributed by atoms with Crippen LogP contribution in [0.1, 0.15) is 38.8 Å². The number of aromatic nitrogens is 2. The number of nitrogens with one attached hydrogen (secondary N) is 2. The second-order valence-corrected chi connectivity index (χ2v) is 10.9. The molecule has 0 unspecified atom stereocenters. The minimum Gasteiger partial charge on any atom is -0.465 e. The topological polar surface area (TPSA) is 148 Å². The molecule has 10 nitrogen and oxygen atoms in total. The van der Waals surface area contributed by atoms with Crippen LogP contribution in [0, 0.1) is 17.2 Å². The van der Waals surface area contributed by atoms with Gasteiger partial charge in [0.2, 0.25) is 0 Å². The molecule has 3 rings (SSSR count). The van der Waals surface area contributed by atoms with E-state index >= 15 is 0 Å². The maximum absolute atomic E-state index is 11.7. The van der Waals surface area contributed by atoms with Gasteiger partial charge in [0.25, 0.3) is 0 Å². The molecule has 1 aliphatic heterocycles. The Balaban J connectivity index is 1.77. The Bertz CT molecular complexity index is 1160. The summed E-state index contributed by atoms with van der Waals surface area (Å²) in [6, 6.07) is 8.23. The van der Waals surface area contributed by atoms with Gasteiger partial charge < -0.3 is 20.6 Å². The maximum Gasteiger partial charge on any atom is 0.405 e. The van der Waals surface area contributed by atoms with Gasteiger partial charge in [0.05, 0.1) is 11.1 Å². The van der Waals surface area contributed by atoms with E-state index in [1.807, 2.05) is 19.9 Å². The van der Waals surface area contributed by atoms with Crippen LogP contribution in [-0.4, -0.2) is 54.5 Å². The summed E-state index contributed by atoms with van der Waals surface area (Å²) in [6.45, 7) is 5.23. The van der Waals surface area contributed by atoms with Crippen molar-refractivity contribution in [2.75, 3.05) is 29.6 Å². The third-order valence-corrected chi connectivity index (χ3v) is 6.63.